The van der Waals surface area contributed by atoms with E-state index in [9.17, 15) is 14.9 Å². The maximum atomic E-state index is 11.4. The molecule has 1 aromatic carbocycles. The molecule has 1 saturated heterocycles. The van der Waals surface area contributed by atoms with Gasteiger partial charge in [-0.3, -0.25) is 14.9 Å². The standard InChI is InChI=1S/C16H23N3O4/c1-4-23-15-7-5-6-14(16(15)19(21)22)17(3)10-13-8-9-18(11-13)12(2)20/h5-7,13H,4,8-11H2,1-3H3/t13-/m0/s1. The van der Waals surface area contributed by atoms with Gasteiger partial charge in [-0.15, -0.1) is 0 Å². The third-order valence-electron chi connectivity index (χ3n) is 4.13. The zero-order valence-electron chi connectivity index (χ0n) is 13.8. The van der Waals surface area contributed by atoms with Gasteiger partial charge >= 0.3 is 5.69 Å². The summed E-state index contributed by atoms with van der Waals surface area (Å²) in [6, 6.07) is 5.12. The summed E-state index contributed by atoms with van der Waals surface area (Å²) in [4.78, 5) is 26.2. The first-order valence-electron chi connectivity index (χ1n) is 7.80. The largest absolute Gasteiger partial charge is 0.487 e. The lowest BCUT2D eigenvalue weighted by atomic mass is 10.1. The average Bonchev–Trinajstić information content (AvgIpc) is 2.95. The van der Waals surface area contributed by atoms with E-state index in [2.05, 4.69) is 0 Å². The number of nitrogens with zero attached hydrogens (tertiary/aromatic N) is 3. The summed E-state index contributed by atoms with van der Waals surface area (Å²) in [7, 11) is 1.84. The molecule has 1 amide bonds. The molecule has 23 heavy (non-hydrogen) atoms. The molecule has 1 aromatic rings. The van der Waals surface area contributed by atoms with Crippen LogP contribution in [0.5, 0.6) is 5.75 Å². The minimum absolute atomic E-state index is 0.00160. The van der Waals surface area contributed by atoms with Crippen molar-refractivity contribution < 1.29 is 14.5 Å². The van der Waals surface area contributed by atoms with Crippen LogP contribution in [0.1, 0.15) is 20.3 Å². The Balaban J connectivity index is 2.16. The number of para-hydroxylation sites is 1. The molecular weight excluding hydrogens is 298 g/mol. The average molecular weight is 321 g/mol. The molecule has 1 fully saturated rings. The van der Waals surface area contributed by atoms with Gasteiger partial charge in [0.2, 0.25) is 5.91 Å². The van der Waals surface area contributed by atoms with Crippen molar-refractivity contribution in [3.63, 3.8) is 0 Å². The summed E-state index contributed by atoms with van der Waals surface area (Å²) in [5, 5.41) is 11.4. The molecule has 0 unspecified atom stereocenters. The Morgan fingerprint density at radius 2 is 2.26 bits per heavy atom. The van der Waals surface area contributed by atoms with Crippen LogP contribution in [0.4, 0.5) is 11.4 Å². The normalized spacial score (nSPS) is 17.2. The number of rotatable bonds is 6. The maximum absolute atomic E-state index is 11.4. The second-order valence-corrected chi connectivity index (χ2v) is 5.81. The Bertz CT molecular complexity index is 591. The molecule has 0 bridgehead atoms. The van der Waals surface area contributed by atoms with Gasteiger partial charge in [-0.1, -0.05) is 6.07 Å². The molecule has 126 valence electrons. The van der Waals surface area contributed by atoms with Gasteiger partial charge < -0.3 is 14.5 Å². The number of ether oxygens (including phenoxy) is 1. The number of amides is 1. The summed E-state index contributed by atoms with van der Waals surface area (Å²) in [5.41, 5.74) is 0.542. The van der Waals surface area contributed by atoms with Gasteiger partial charge in [-0.05, 0) is 31.4 Å². The van der Waals surface area contributed by atoms with E-state index in [1.165, 1.54) is 0 Å². The second kappa shape index (κ2) is 7.30. The zero-order chi connectivity index (χ0) is 17.0. The third kappa shape index (κ3) is 3.91. The van der Waals surface area contributed by atoms with E-state index in [-0.39, 0.29) is 11.6 Å². The van der Waals surface area contributed by atoms with Crippen molar-refractivity contribution in [1.29, 1.82) is 0 Å². The van der Waals surface area contributed by atoms with E-state index < -0.39 is 4.92 Å². The van der Waals surface area contributed by atoms with Gasteiger partial charge in [0.15, 0.2) is 5.75 Å². The van der Waals surface area contributed by atoms with E-state index in [1.807, 2.05) is 16.8 Å². The Labute approximate surface area is 136 Å². The van der Waals surface area contributed by atoms with Crippen LogP contribution in [-0.4, -0.2) is 49.0 Å². The van der Waals surface area contributed by atoms with Gasteiger partial charge in [-0.2, -0.15) is 0 Å². The number of carbonyl (C=O) groups is 1. The highest BCUT2D eigenvalue weighted by atomic mass is 16.6. The summed E-state index contributed by atoms with van der Waals surface area (Å²) >= 11 is 0. The van der Waals surface area contributed by atoms with Crippen LogP contribution in [0, 0.1) is 16.0 Å². The topological polar surface area (TPSA) is 75.9 Å². The summed E-state index contributed by atoms with van der Waals surface area (Å²) in [5.74, 6) is 0.692. The number of carbonyl (C=O) groups excluding carboxylic acids is 1. The Morgan fingerprint density at radius 1 is 1.52 bits per heavy atom. The minimum atomic E-state index is -0.395. The number of nitro groups is 1. The van der Waals surface area contributed by atoms with Crippen LogP contribution < -0.4 is 9.64 Å². The molecular formula is C16H23N3O4. The van der Waals surface area contributed by atoms with Crippen LogP contribution in [0.15, 0.2) is 18.2 Å². The first-order chi connectivity index (χ1) is 10.9. The molecule has 1 aliphatic rings. The van der Waals surface area contributed by atoms with Crippen molar-refractivity contribution in [3.05, 3.63) is 28.3 Å². The van der Waals surface area contributed by atoms with Crippen molar-refractivity contribution in [2.75, 3.05) is 38.2 Å². The SMILES string of the molecule is CCOc1cccc(N(C)C[C@@H]2CCN(C(C)=O)C2)c1[N+](=O)[O-]. The number of hydrogen-bond donors (Lipinski definition) is 0. The van der Waals surface area contributed by atoms with Crippen LogP contribution in [-0.2, 0) is 4.79 Å². The Morgan fingerprint density at radius 3 is 2.83 bits per heavy atom. The van der Waals surface area contributed by atoms with Crippen LogP contribution in [0.2, 0.25) is 0 Å². The molecule has 7 nitrogen and oxygen atoms in total. The summed E-state index contributed by atoms with van der Waals surface area (Å²) < 4.78 is 5.39. The second-order valence-electron chi connectivity index (χ2n) is 5.81. The van der Waals surface area contributed by atoms with Crippen LogP contribution in [0.3, 0.4) is 0 Å². The molecule has 0 radical (unpaired) electrons. The lowest BCUT2D eigenvalue weighted by molar-refractivity contribution is -0.385. The van der Waals surface area contributed by atoms with Gasteiger partial charge in [0.05, 0.1) is 11.5 Å². The number of benzene rings is 1. The third-order valence-corrected chi connectivity index (χ3v) is 4.13. The van der Waals surface area contributed by atoms with E-state index >= 15 is 0 Å². The maximum Gasteiger partial charge on any atom is 0.333 e. The van der Waals surface area contributed by atoms with E-state index in [0.717, 1.165) is 13.0 Å². The molecule has 1 aliphatic heterocycles. The first kappa shape index (κ1) is 17.1. The zero-order valence-corrected chi connectivity index (χ0v) is 13.8. The van der Waals surface area contributed by atoms with Gasteiger partial charge in [0, 0.05) is 33.6 Å². The predicted octanol–water partition coefficient (Wildman–Crippen LogP) is 2.30. The first-order valence-corrected chi connectivity index (χ1v) is 7.80. The molecule has 0 saturated carbocycles. The molecule has 0 aliphatic carbocycles. The fourth-order valence-corrected chi connectivity index (χ4v) is 3.03. The van der Waals surface area contributed by atoms with Crippen LogP contribution in [0.25, 0.3) is 0 Å². The van der Waals surface area contributed by atoms with Crippen molar-refractivity contribution >= 4 is 17.3 Å². The quantitative estimate of drug-likeness (QED) is 0.593. The van der Waals surface area contributed by atoms with E-state index in [1.54, 1.807) is 32.0 Å². The van der Waals surface area contributed by atoms with E-state index in [4.69, 9.17) is 4.74 Å². The van der Waals surface area contributed by atoms with E-state index in [0.29, 0.717) is 37.1 Å². The molecule has 2 rings (SSSR count). The van der Waals surface area contributed by atoms with Crippen molar-refractivity contribution in [2.45, 2.75) is 20.3 Å². The van der Waals surface area contributed by atoms with Crippen molar-refractivity contribution in [2.24, 2.45) is 5.92 Å². The highest BCUT2D eigenvalue weighted by molar-refractivity contribution is 5.73. The van der Waals surface area contributed by atoms with Gasteiger partial charge in [0.25, 0.3) is 0 Å². The highest BCUT2D eigenvalue weighted by Crippen LogP contribution is 2.37. The van der Waals surface area contributed by atoms with Gasteiger partial charge in [-0.25, -0.2) is 0 Å². The lowest BCUT2D eigenvalue weighted by Crippen LogP contribution is -2.30. The molecule has 1 atom stereocenters. The number of likely N-dealkylation sites (tertiary alicyclic amines) is 1. The fraction of sp³-hybridized carbons (Fsp3) is 0.562. The Kier molecular flexibility index (Phi) is 5.41. The number of anilines is 1. The van der Waals surface area contributed by atoms with Crippen LogP contribution >= 0.6 is 0 Å². The Hall–Kier alpha value is -2.31. The van der Waals surface area contributed by atoms with Crippen molar-refractivity contribution in [1.82, 2.24) is 4.90 Å². The molecule has 0 N–H and O–H groups in total. The minimum Gasteiger partial charge on any atom is -0.487 e. The van der Waals surface area contributed by atoms with Crippen molar-refractivity contribution in [3.8, 4) is 5.75 Å². The van der Waals surface area contributed by atoms with Gasteiger partial charge in [0.1, 0.15) is 5.69 Å². The lowest BCUT2D eigenvalue weighted by Gasteiger charge is -2.23. The monoisotopic (exact) mass is 321 g/mol. The predicted molar refractivity (Wildman–Crippen MR) is 87.9 cm³/mol. The smallest absolute Gasteiger partial charge is 0.333 e. The molecule has 7 heteroatoms. The number of hydrogen-bond acceptors (Lipinski definition) is 5. The fourth-order valence-electron chi connectivity index (χ4n) is 3.03. The number of nitro benzene ring substituents is 1. The summed E-state index contributed by atoms with van der Waals surface area (Å²) in [6.45, 7) is 5.88. The molecule has 0 spiro atoms. The molecule has 1 heterocycles. The molecule has 0 aromatic heterocycles. The highest BCUT2D eigenvalue weighted by Gasteiger charge is 2.28. The summed E-state index contributed by atoms with van der Waals surface area (Å²) in [6.07, 6.45) is 0.920.